The van der Waals surface area contributed by atoms with Gasteiger partial charge in [-0.3, -0.25) is 9.59 Å². The van der Waals surface area contributed by atoms with Gasteiger partial charge in [-0.05, 0) is 82.5 Å². The van der Waals surface area contributed by atoms with Crippen LogP contribution in [0.1, 0.15) is 83.0 Å². The maximum absolute atomic E-state index is 13.9. The minimum atomic E-state index is -2.99. The van der Waals surface area contributed by atoms with Gasteiger partial charge < -0.3 is 44.6 Å². The van der Waals surface area contributed by atoms with E-state index in [4.69, 9.17) is 19.4 Å². The first-order chi connectivity index (χ1) is 31.3. The first-order valence-electron chi connectivity index (χ1n) is 22.2. The molecule has 4 heterocycles. The molecule has 344 valence electrons. The Morgan fingerprint density at radius 3 is 2.05 bits per heavy atom. The van der Waals surface area contributed by atoms with Crippen molar-refractivity contribution in [1.82, 2.24) is 40.4 Å². The molecule has 4 amide bonds. The third-order valence-electron chi connectivity index (χ3n) is 13.4. The smallest absolute Gasteiger partial charge is 0.407 e. The van der Waals surface area contributed by atoms with E-state index in [0.717, 1.165) is 82.3 Å². The number of carbonyl (C=O) groups is 4. The van der Waals surface area contributed by atoms with Crippen molar-refractivity contribution in [2.45, 2.75) is 90.1 Å². The summed E-state index contributed by atoms with van der Waals surface area (Å²) < 4.78 is 39.4. The van der Waals surface area contributed by atoms with Gasteiger partial charge in [0.1, 0.15) is 23.7 Å². The van der Waals surface area contributed by atoms with Gasteiger partial charge >= 0.3 is 18.8 Å². The minimum absolute atomic E-state index is 0.0919. The molecule has 2 aliphatic heterocycles. The number of aromatic nitrogens is 4. The molecule has 2 aromatic heterocycles. The van der Waals surface area contributed by atoms with Crippen molar-refractivity contribution in [3.8, 4) is 33.6 Å². The van der Waals surface area contributed by atoms with Crippen molar-refractivity contribution in [3.63, 3.8) is 0 Å². The number of hydrogen-bond acceptors (Lipinski definition) is 9. The van der Waals surface area contributed by atoms with Crippen molar-refractivity contribution in [2.24, 2.45) is 17.3 Å². The number of amides is 4. The van der Waals surface area contributed by atoms with Crippen LogP contribution in [0.25, 0.3) is 44.4 Å². The number of H-pyrrole nitrogens is 2. The second-order valence-corrected chi connectivity index (χ2v) is 17.8. The van der Waals surface area contributed by atoms with Crippen LogP contribution in [0, 0.1) is 17.3 Å². The van der Waals surface area contributed by atoms with E-state index >= 15 is 0 Å². The van der Waals surface area contributed by atoms with Crippen LogP contribution in [-0.2, 0) is 23.8 Å². The van der Waals surface area contributed by atoms with Gasteiger partial charge in [0.25, 0.3) is 0 Å². The van der Waals surface area contributed by atoms with Crippen LogP contribution in [-0.4, -0.2) is 106 Å². The van der Waals surface area contributed by atoms with E-state index in [1.165, 1.54) is 14.2 Å². The average molecular weight is 895 g/mol. The molecule has 15 nitrogen and oxygen atoms in total. The standard InChI is InChI=1S/C48H56F2N8O7/c1-6-28-15-19-57(43(59)35(55-46(61)63-4)16-20-65-45(49)50)40(28)42-52-24-36(54-42)30-9-7-29(8-10-30)31-11-12-33-22-34(14-13-32(33)21-31)37-25-51-41(53-37)38-23-48(17-18-48)26-58(38)44(60)39(27(2)3)56-47(62)64-5/h7-14,21-22,24-25,27-28,35,38-40,45H,6,15-20,23,26H2,1-5H3,(H,51,53)(H,52,54)(H,55,61)(H,56,62)/t28-,35+,38+,39?,40+/m1/s1. The number of ether oxygens (including phenoxy) is 3. The second kappa shape index (κ2) is 19.0. The summed E-state index contributed by atoms with van der Waals surface area (Å²) in [5, 5.41) is 7.36. The van der Waals surface area contributed by atoms with Crippen LogP contribution in [0.15, 0.2) is 73.1 Å². The molecule has 1 unspecified atom stereocenters. The monoisotopic (exact) mass is 894 g/mol. The highest BCUT2D eigenvalue weighted by Gasteiger charge is 2.55. The molecular weight excluding hydrogens is 839 g/mol. The first kappa shape index (κ1) is 45.2. The molecule has 4 N–H and O–H groups in total. The molecule has 0 radical (unpaired) electrons. The fourth-order valence-corrected chi connectivity index (χ4v) is 9.51. The topological polar surface area (TPSA) is 184 Å². The lowest BCUT2D eigenvalue weighted by Gasteiger charge is -2.30. The summed E-state index contributed by atoms with van der Waals surface area (Å²) in [4.78, 5) is 72.0. The summed E-state index contributed by atoms with van der Waals surface area (Å²) >= 11 is 0. The number of rotatable bonds is 15. The molecule has 3 aliphatic rings. The summed E-state index contributed by atoms with van der Waals surface area (Å²) in [6.07, 6.45) is 6.42. The van der Waals surface area contributed by atoms with E-state index in [2.05, 4.69) is 73.9 Å². The van der Waals surface area contributed by atoms with E-state index in [1.54, 1.807) is 11.1 Å². The zero-order valence-electron chi connectivity index (χ0n) is 37.2. The highest BCUT2D eigenvalue weighted by atomic mass is 19.3. The maximum atomic E-state index is 13.9. The van der Waals surface area contributed by atoms with Crippen molar-refractivity contribution in [1.29, 1.82) is 0 Å². The van der Waals surface area contributed by atoms with E-state index in [1.807, 2.05) is 44.0 Å². The van der Waals surface area contributed by atoms with Crippen LogP contribution >= 0.6 is 0 Å². The molecule has 3 fully saturated rings. The molecule has 0 bridgehead atoms. The van der Waals surface area contributed by atoms with E-state index in [9.17, 15) is 28.0 Å². The largest absolute Gasteiger partial charge is 0.453 e. The molecule has 1 saturated carbocycles. The number of fused-ring (bicyclic) bond motifs is 1. The third-order valence-corrected chi connectivity index (χ3v) is 13.4. The molecule has 5 atom stereocenters. The number of alkyl halides is 2. The summed E-state index contributed by atoms with van der Waals surface area (Å²) in [5.74, 6) is 0.768. The molecule has 3 aromatic carbocycles. The molecule has 1 spiro atoms. The zero-order valence-corrected chi connectivity index (χ0v) is 37.2. The molecule has 65 heavy (non-hydrogen) atoms. The Balaban J connectivity index is 0.955. The molecule has 2 saturated heterocycles. The van der Waals surface area contributed by atoms with Crippen LogP contribution < -0.4 is 10.6 Å². The molecular formula is C48H56F2N8O7. The van der Waals surface area contributed by atoms with Crippen molar-refractivity contribution in [2.75, 3.05) is 33.9 Å². The van der Waals surface area contributed by atoms with Gasteiger partial charge in [-0.25, -0.2) is 19.6 Å². The van der Waals surface area contributed by atoms with Gasteiger partial charge in [-0.15, -0.1) is 0 Å². The normalized spacial score (nSPS) is 19.8. The van der Waals surface area contributed by atoms with Crippen LogP contribution in [0.3, 0.4) is 0 Å². The average Bonchev–Trinajstić information content (AvgIpc) is 3.80. The Kier molecular flexibility index (Phi) is 13.2. The number of hydrogen-bond donors (Lipinski definition) is 4. The third kappa shape index (κ3) is 9.70. The fraction of sp³-hybridized carbons (Fsp3) is 0.458. The maximum Gasteiger partial charge on any atom is 0.407 e. The zero-order chi connectivity index (χ0) is 46.0. The summed E-state index contributed by atoms with van der Waals surface area (Å²) in [6, 6.07) is 18.3. The van der Waals surface area contributed by atoms with E-state index in [0.29, 0.717) is 18.9 Å². The lowest BCUT2D eigenvalue weighted by Crippen LogP contribution is -2.51. The lowest BCUT2D eigenvalue weighted by molar-refractivity contribution is -0.141. The number of likely N-dealkylation sites (tertiary alicyclic amines) is 2. The van der Waals surface area contributed by atoms with Crippen molar-refractivity contribution < 1.29 is 42.2 Å². The van der Waals surface area contributed by atoms with Crippen LogP contribution in [0.4, 0.5) is 18.4 Å². The Labute approximate surface area is 376 Å². The first-order valence-corrected chi connectivity index (χ1v) is 22.2. The number of aromatic amines is 2. The quantitative estimate of drug-likeness (QED) is 0.0802. The van der Waals surface area contributed by atoms with Gasteiger partial charge in [-0.2, -0.15) is 8.78 Å². The van der Waals surface area contributed by atoms with Gasteiger partial charge in [0, 0.05) is 25.1 Å². The van der Waals surface area contributed by atoms with Gasteiger partial charge in [-0.1, -0.05) is 75.7 Å². The predicted molar refractivity (Wildman–Crippen MR) is 238 cm³/mol. The predicted octanol–water partition coefficient (Wildman–Crippen LogP) is 8.37. The van der Waals surface area contributed by atoms with Gasteiger partial charge in [0.2, 0.25) is 11.8 Å². The van der Waals surface area contributed by atoms with Crippen molar-refractivity contribution in [3.05, 3.63) is 84.7 Å². The number of benzene rings is 3. The summed E-state index contributed by atoms with van der Waals surface area (Å²) in [7, 11) is 2.47. The van der Waals surface area contributed by atoms with Gasteiger partial charge in [0.15, 0.2) is 0 Å². The molecule has 1 aliphatic carbocycles. The second-order valence-electron chi connectivity index (χ2n) is 17.8. The Morgan fingerprint density at radius 1 is 0.800 bits per heavy atom. The molecule has 5 aromatic rings. The number of imidazole rings is 2. The number of methoxy groups -OCH3 is 2. The Hall–Kier alpha value is -6.36. The summed E-state index contributed by atoms with van der Waals surface area (Å²) in [5.41, 5.74) is 5.69. The highest BCUT2D eigenvalue weighted by molar-refractivity contribution is 5.91. The number of alkyl carbamates (subject to hydrolysis) is 2. The number of halogens is 2. The Morgan fingerprint density at radius 2 is 1.40 bits per heavy atom. The van der Waals surface area contributed by atoms with E-state index < -0.39 is 49.4 Å². The number of nitrogens with one attached hydrogen (secondary N) is 4. The molecule has 17 heteroatoms. The summed E-state index contributed by atoms with van der Waals surface area (Å²) in [6.45, 7) is 3.51. The van der Waals surface area contributed by atoms with Crippen LogP contribution in [0.2, 0.25) is 0 Å². The van der Waals surface area contributed by atoms with Gasteiger partial charge in [0.05, 0.1) is 56.7 Å². The fourth-order valence-electron chi connectivity index (χ4n) is 9.51. The van der Waals surface area contributed by atoms with Crippen LogP contribution in [0.5, 0.6) is 0 Å². The number of carbonyl (C=O) groups excluding carboxylic acids is 4. The van der Waals surface area contributed by atoms with Crippen molar-refractivity contribution >= 4 is 34.8 Å². The highest BCUT2D eigenvalue weighted by Crippen LogP contribution is 2.58. The SMILES string of the molecule is CC[C@@H]1CCN(C(=O)[C@H](CCOC(F)F)NC(=O)OC)[C@@H]1c1ncc(-c2ccc(-c3ccc4cc(-c5cnc([C@@H]6CC7(CC7)CN6C(=O)C(NC(=O)OC)C(C)C)[nH]5)ccc4c3)cc2)[nH]1. The number of nitrogens with zero attached hydrogens (tertiary/aromatic N) is 4. The molecule has 8 rings (SSSR count). The lowest BCUT2D eigenvalue weighted by atomic mass is 9.96. The Bertz CT molecular complexity index is 2520. The minimum Gasteiger partial charge on any atom is -0.453 e. The van der Waals surface area contributed by atoms with E-state index in [-0.39, 0.29) is 35.6 Å².